The molecule has 1 saturated carbocycles. The summed E-state index contributed by atoms with van der Waals surface area (Å²) in [6.45, 7) is 3.15. The molecule has 0 aromatic carbocycles. The van der Waals surface area contributed by atoms with Gasteiger partial charge in [0.25, 0.3) is 0 Å². The van der Waals surface area contributed by atoms with Gasteiger partial charge in [0.1, 0.15) is 0 Å². The summed E-state index contributed by atoms with van der Waals surface area (Å²) in [5.41, 5.74) is 0. The van der Waals surface area contributed by atoms with E-state index in [-0.39, 0.29) is 28.6 Å². The maximum Gasteiger partial charge on any atom is 0.316 e. The highest BCUT2D eigenvalue weighted by Crippen LogP contribution is 2.33. The normalized spacial score (nSPS) is 18.5. The van der Waals surface area contributed by atoms with E-state index in [4.69, 9.17) is 4.52 Å². The number of rotatable bonds is 5. The molecule has 0 unspecified atom stereocenters. The van der Waals surface area contributed by atoms with Crippen LogP contribution in [0, 0.1) is 6.92 Å². The molecule has 4 rings (SSSR count). The third kappa shape index (κ3) is 3.78. The van der Waals surface area contributed by atoms with Crippen LogP contribution in [0.25, 0.3) is 10.7 Å². The number of carbonyl (C=O) groups excluding carboxylic acids is 1. The van der Waals surface area contributed by atoms with Crippen molar-refractivity contribution < 1.29 is 17.7 Å². The van der Waals surface area contributed by atoms with Gasteiger partial charge < -0.3 is 9.42 Å². The Morgan fingerprint density at radius 1 is 1.26 bits per heavy atom. The zero-order valence-corrected chi connectivity index (χ0v) is 16.7. The van der Waals surface area contributed by atoms with E-state index in [1.807, 2.05) is 0 Å². The van der Waals surface area contributed by atoms with E-state index in [1.165, 1.54) is 11.3 Å². The van der Waals surface area contributed by atoms with Crippen molar-refractivity contribution in [1.29, 1.82) is 0 Å². The fourth-order valence-corrected chi connectivity index (χ4v) is 6.46. The van der Waals surface area contributed by atoms with Gasteiger partial charge in [0.15, 0.2) is 0 Å². The summed E-state index contributed by atoms with van der Waals surface area (Å²) >= 11 is 1.28. The van der Waals surface area contributed by atoms with E-state index in [0.29, 0.717) is 22.8 Å². The predicted octanol–water partition coefficient (Wildman–Crippen LogP) is 2.56. The quantitative estimate of drug-likeness (QED) is 0.812. The zero-order chi connectivity index (χ0) is 19.0. The summed E-state index contributed by atoms with van der Waals surface area (Å²) in [7, 11) is -3.59. The highest BCUT2D eigenvalue weighted by Gasteiger charge is 2.28. The number of hydrogen-bond donors (Lipinski definition) is 1. The Hall–Kier alpha value is -1.78. The van der Waals surface area contributed by atoms with E-state index in [0.717, 1.165) is 38.5 Å². The monoisotopic (exact) mass is 410 g/mol. The zero-order valence-electron chi connectivity index (χ0n) is 15.1. The first-order valence-corrected chi connectivity index (χ1v) is 11.5. The van der Waals surface area contributed by atoms with Crippen molar-refractivity contribution in [3.8, 4) is 10.7 Å². The third-order valence-electron chi connectivity index (χ3n) is 5.06. The summed E-state index contributed by atoms with van der Waals surface area (Å²) in [6, 6.07) is 1.57. The van der Waals surface area contributed by atoms with Gasteiger partial charge in [-0.25, -0.2) is 13.1 Å². The first-order valence-electron chi connectivity index (χ1n) is 9.20. The number of carbonyl (C=O) groups is 1. The Morgan fingerprint density at radius 2 is 1.96 bits per heavy atom. The Labute approximate surface area is 162 Å². The Balaban J connectivity index is 1.55. The average molecular weight is 411 g/mol. The van der Waals surface area contributed by atoms with Crippen molar-refractivity contribution >= 4 is 27.3 Å². The number of nitrogens with zero attached hydrogens (tertiary/aromatic N) is 3. The predicted molar refractivity (Wildman–Crippen MR) is 100 cm³/mol. The maximum atomic E-state index is 12.7. The SMILES string of the molecule is Cc1sc(-c2noc(C(=O)N3CCCC3)n2)cc1S(=O)(=O)NC1CCCC1. The standard InChI is InChI=1S/C17H22N4O4S2/c1-11-14(27(23,24)20-12-6-2-3-7-12)10-13(26-11)15-18-16(25-19-15)17(22)21-8-4-5-9-21/h10,12,20H,2-9H2,1H3. The van der Waals surface area contributed by atoms with Crippen molar-refractivity contribution in [1.82, 2.24) is 19.8 Å². The molecule has 2 fully saturated rings. The van der Waals surface area contributed by atoms with Crippen LogP contribution in [0.3, 0.4) is 0 Å². The van der Waals surface area contributed by atoms with Crippen LogP contribution < -0.4 is 4.72 Å². The van der Waals surface area contributed by atoms with Gasteiger partial charge in [0.2, 0.25) is 15.8 Å². The molecule has 146 valence electrons. The first-order chi connectivity index (χ1) is 12.9. The van der Waals surface area contributed by atoms with E-state index in [1.54, 1.807) is 17.9 Å². The van der Waals surface area contributed by atoms with Crippen molar-refractivity contribution in [2.75, 3.05) is 13.1 Å². The van der Waals surface area contributed by atoms with Crippen LogP contribution in [-0.4, -0.2) is 48.5 Å². The Bertz CT molecular complexity index is 938. The number of likely N-dealkylation sites (tertiary alicyclic amines) is 1. The van der Waals surface area contributed by atoms with Crippen LogP contribution in [0.4, 0.5) is 0 Å². The van der Waals surface area contributed by atoms with Crippen LogP contribution in [0.1, 0.15) is 54.1 Å². The van der Waals surface area contributed by atoms with Crippen molar-refractivity contribution in [3.63, 3.8) is 0 Å². The van der Waals surface area contributed by atoms with Crippen LogP contribution in [-0.2, 0) is 10.0 Å². The van der Waals surface area contributed by atoms with Gasteiger partial charge in [-0.15, -0.1) is 11.3 Å². The maximum absolute atomic E-state index is 12.7. The molecule has 8 nitrogen and oxygen atoms in total. The second-order valence-electron chi connectivity index (χ2n) is 7.06. The lowest BCUT2D eigenvalue weighted by Crippen LogP contribution is -2.32. The highest BCUT2D eigenvalue weighted by molar-refractivity contribution is 7.89. The minimum atomic E-state index is -3.59. The molecule has 2 aromatic rings. The fraction of sp³-hybridized carbons (Fsp3) is 0.588. The van der Waals surface area contributed by atoms with E-state index < -0.39 is 10.0 Å². The lowest BCUT2D eigenvalue weighted by atomic mass is 10.3. The van der Waals surface area contributed by atoms with Gasteiger partial charge >= 0.3 is 11.8 Å². The van der Waals surface area contributed by atoms with E-state index in [2.05, 4.69) is 14.9 Å². The smallest absolute Gasteiger partial charge is 0.316 e. The topological polar surface area (TPSA) is 105 Å². The summed E-state index contributed by atoms with van der Waals surface area (Å²) < 4.78 is 33.3. The minimum Gasteiger partial charge on any atom is -0.334 e. The number of sulfonamides is 1. The number of hydrogen-bond acceptors (Lipinski definition) is 7. The molecule has 3 heterocycles. The molecule has 0 bridgehead atoms. The van der Waals surface area contributed by atoms with Crippen LogP contribution >= 0.6 is 11.3 Å². The minimum absolute atomic E-state index is 0.00705. The summed E-state index contributed by atoms with van der Waals surface area (Å²) in [5, 5.41) is 3.88. The highest BCUT2D eigenvalue weighted by atomic mass is 32.2. The Kier molecular flexibility index (Phi) is 5.04. The molecule has 2 aromatic heterocycles. The summed E-state index contributed by atoms with van der Waals surface area (Å²) in [6.07, 6.45) is 5.82. The van der Waals surface area contributed by atoms with Crippen LogP contribution in [0.2, 0.25) is 0 Å². The molecular formula is C17H22N4O4S2. The van der Waals surface area contributed by atoms with Gasteiger partial charge in [-0.3, -0.25) is 4.79 Å². The lowest BCUT2D eigenvalue weighted by molar-refractivity contribution is 0.0743. The van der Waals surface area contributed by atoms with Gasteiger partial charge in [-0.05, 0) is 38.7 Å². The van der Waals surface area contributed by atoms with Gasteiger partial charge in [0, 0.05) is 24.0 Å². The Morgan fingerprint density at radius 3 is 2.67 bits per heavy atom. The van der Waals surface area contributed by atoms with Crippen molar-refractivity contribution in [3.05, 3.63) is 16.8 Å². The summed E-state index contributed by atoms with van der Waals surface area (Å²) in [5.74, 6) is -0.0744. The molecule has 27 heavy (non-hydrogen) atoms. The number of amides is 1. The molecule has 1 amide bonds. The number of aryl methyl sites for hydroxylation is 1. The fourth-order valence-electron chi connectivity index (χ4n) is 3.63. The molecule has 1 aliphatic carbocycles. The number of aromatic nitrogens is 2. The van der Waals surface area contributed by atoms with E-state index in [9.17, 15) is 13.2 Å². The molecule has 0 spiro atoms. The molecule has 2 aliphatic rings. The lowest BCUT2D eigenvalue weighted by Gasteiger charge is -2.11. The van der Waals surface area contributed by atoms with Gasteiger partial charge in [0.05, 0.1) is 9.77 Å². The molecule has 1 aliphatic heterocycles. The second kappa shape index (κ2) is 7.33. The van der Waals surface area contributed by atoms with Crippen molar-refractivity contribution in [2.45, 2.75) is 56.4 Å². The van der Waals surface area contributed by atoms with E-state index >= 15 is 0 Å². The second-order valence-corrected chi connectivity index (χ2v) is 9.99. The molecule has 0 radical (unpaired) electrons. The van der Waals surface area contributed by atoms with Gasteiger partial charge in [-0.1, -0.05) is 18.0 Å². The summed E-state index contributed by atoms with van der Waals surface area (Å²) in [4.78, 5) is 19.7. The van der Waals surface area contributed by atoms with Crippen LogP contribution in [0.15, 0.2) is 15.5 Å². The molecule has 0 atom stereocenters. The molecule has 1 saturated heterocycles. The average Bonchev–Trinajstić information content (AvgIpc) is 3.40. The van der Waals surface area contributed by atoms with Crippen molar-refractivity contribution in [2.24, 2.45) is 0 Å². The van der Waals surface area contributed by atoms with Crippen LogP contribution in [0.5, 0.6) is 0 Å². The molecular weight excluding hydrogens is 388 g/mol. The number of thiophene rings is 1. The first kappa shape index (κ1) is 18.6. The molecule has 10 heteroatoms. The molecule has 1 N–H and O–H groups in total. The third-order valence-corrected chi connectivity index (χ3v) is 7.88. The largest absolute Gasteiger partial charge is 0.334 e. The number of nitrogens with one attached hydrogen (secondary N) is 1. The van der Waals surface area contributed by atoms with Gasteiger partial charge in [-0.2, -0.15) is 4.98 Å².